The molecular weight excluding hydrogens is 313 g/mol. The van der Waals surface area contributed by atoms with Crippen molar-refractivity contribution in [1.29, 1.82) is 0 Å². The molecular formula is C18H20FNO2S. The van der Waals surface area contributed by atoms with Crippen LogP contribution in [0.15, 0.2) is 48.5 Å². The van der Waals surface area contributed by atoms with E-state index in [2.05, 4.69) is 30.4 Å². The molecule has 0 radical (unpaired) electrons. The first-order valence-corrected chi connectivity index (χ1v) is 8.57. The molecule has 2 aromatic carbocycles. The maximum atomic E-state index is 12.7. The van der Waals surface area contributed by atoms with E-state index in [0.29, 0.717) is 24.7 Å². The largest absolute Gasteiger partial charge is 0.492 e. The van der Waals surface area contributed by atoms with E-state index in [4.69, 9.17) is 4.74 Å². The lowest BCUT2D eigenvalue weighted by Gasteiger charge is -2.08. The number of hydrogen-bond donors (Lipinski definition) is 1. The first-order valence-electron chi connectivity index (χ1n) is 7.42. The maximum absolute atomic E-state index is 12.7. The van der Waals surface area contributed by atoms with E-state index < -0.39 is 0 Å². The molecule has 0 saturated carbocycles. The van der Waals surface area contributed by atoms with E-state index in [0.717, 1.165) is 5.75 Å². The van der Waals surface area contributed by atoms with Crippen LogP contribution in [0, 0.1) is 12.7 Å². The molecule has 122 valence electrons. The Morgan fingerprint density at radius 2 is 2.00 bits per heavy atom. The molecule has 0 bridgehead atoms. The van der Waals surface area contributed by atoms with Crippen LogP contribution in [0.4, 0.5) is 4.39 Å². The van der Waals surface area contributed by atoms with Gasteiger partial charge in [0.2, 0.25) is 5.91 Å². The van der Waals surface area contributed by atoms with Crippen LogP contribution in [0.2, 0.25) is 0 Å². The van der Waals surface area contributed by atoms with Crippen LogP contribution in [0.5, 0.6) is 5.75 Å². The monoisotopic (exact) mass is 333 g/mol. The summed E-state index contributed by atoms with van der Waals surface area (Å²) in [6, 6.07) is 14.1. The first kappa shape index (κ1) is 17.3. The number of hydrogen-bond acceptors (Lipinski definition) is 3. The normalized spacial score (nSPS) is 10.3. The molecule has 23 heavy (non-hydrogen) atoms. The summed E-state index contributed by atoms with van der Waals surface area (Å²) in [5.74, 6) is 1.53. The quantitative estimate of drug-likeness (QED) is 0.751. The molecule has 0 spiro atoms. The van der Waals surface area contributed by atoms with Gasteiger partial charge in [-0.1, -0.05) is 29.8 Å². The summed E-state index contributed by atoms with van der Waals surface area (Å²) in [7, 11) is 0. The standard InChI is InChI=1S/C18H20FNO2S/c1-14-3-2-4-15(11-14)12-23-13-18(21)20-9-10-22-17-7-5-16(19)6-8-17/h2-8,11H,9-10,12-13H2,1H3,(H,20,21). The highest BCUT2D eigenvalue weighted by Gasteiger charge is 2.02. The van der Waals surface area contributed by atoms with Crippen LogP contribution in [0.1, 0.15) is 11.1 Å². The zero-order valence-electron chi connectivity index (χ0n) is 13.0. The highest BCUT2D eigenvalue weighted by atomic mass is 32.2. The highest BCUT2D eigenvalue weighted by molar-refractivity contribution is 7.99. The van der Waals surface area contributed by atoms with Gasteiger partial charge in [0.15, 0.2) is 0 Å². The Kier molecular flexibility index (Phi) is 6.94. The highest BCUT2D eigenvalue weighted by Crippen LogP contribution is 2.13. The summed E-state index contributed by atoms with van der Waals surface area (Å²) >= 11 is 1.58. The summed E-state index contributed by atoms with van der Waals surface area (Å²) in [6.07, 6.45) is 0. The molecule has 0 atom stereocenters. The third kappa shape index (κ3) is 6.74. The molecule has 0 aliphatic carbocycles. The topological polar surface area (TPSA) is 38.3 Å². The predicted molar refractivity (Wildman–Crippen MR) is 92.2 cm³/mol. The van der Waals surface area contributed by atoms with Gasteiger partial charge in [0.1, 0.15) is 18.2 Å². The molecule has 0 aromatic heterocycles. The SMILES string of the molecule is Cc1cccc(CSCC(=O)NCCOc2ccc(F)cc2)c1. The van der Waals surface area contributed by atoms with Crippen molar-refractivity contribution in [3.8, 4) is 5.75 Å². The fourth-order valence-electron chi connectivity index (χ4n) is 2.00. The molecule has 0 heterocycles. The van der Waals surface area contributed by atoms with Crippen LogP contribution in [-0.4, -0.2) is 24.8 Å². The molecule has 3 nitrogen and oxygen atoms in total. The minimum absolute atomic E-state index is 0.00893. The van der Waals surface area contributed by atoms with E-state index in [1.54, 1.807) is 23.9 Å². The number of halogens is 1. The number of carbonyl (C=O) groups excluding carboxylic acids is 1. The molecule has 0 aliphatic heterocycles. The van der Waals surface area contributed by atoms with Crippen LogP contribution in [0.3, 0.4) is 0 Å². The Balaban J connectivity index is 1.57. The van der Waals surface area contributed by atoms with Gasteiger partial charge in [-0.15, -0.1) is 11.8 Å². The number of carbonyl (C=O) groups is 1. The zero-order valence-corrected chi connectivity index (χ0v) is 13.9. The van der Waals surface area contributed by atoms with Crippen molar-refractivity contribution in [3.05, 3.63) is 65.5 Å². The average molecular weight is 333 g/mol. The third-order valence-corrected chi connectivity index (χ3v) is 4.09. The summed E-state index contributed by atoms with van der Waals surface area (Å²) < 4.78 is 18.1. The van der Waals surface area contributed by atoms with Crippen LogP contribution in [0.25, 0.3) is 0 Å². The third-order valence-electron chi connectivity index (χ3n) is 3.09. The lowest BCUT2D eigenvalue weighted by Crippen LogP contribution is -2.29. The Labute approximate surface area is 140 Å². The fourth-order valence-corrected chi connectivity index (χ4v) is 2.81. The number of thioether (sulfide) groups is 1. The number of amides is 1. The number of aryl methyl sites for hydroxylation is 1. The molecule has 0 aliphatic rings. The van der Waals surface area contributed by atoms with Gasteiger partial charge in [-0.05, 0) is 36.8 Å². The van der Waals surface area contributed by atoms with Gasteiger partial charge in [-0.2, -0.15) is 0 Å². The minimum atomic E-state index is -0.295. The van der Waals surface area contributed by atoms with Crippen LogP contribution >= 0.6 is 11.8 Å². The maximum Gasteiger partial charge on any atom is 0.230 e. The van der Waals surface area contributed by atoms with Crippen molar-refractivity contribution >= 4 is 17.7 Å². The number of ether oxygens (including phenoxy) is 1. The predicted octanol–water partition coefficient (Wildman–Crippen LogP) is 3.56. The number of benzene rings is 2. The molecule has 1 amide bonds. The summed E-state index contributed by atoms with van der Waals surface area (Å²) in [6.45, 7) is 2.85. The van der Waals surface area contributed by atoms with E-state index in [1.807, 2.05) is 6.07 Å². The van der Waals surface area contributed by atoms with Gasteiger partial charge < -0.3 is 10.1 Å². The van der Waals surface area contributed by atoms with Crippen molar-refractivity contribution in [2.45, 2.75) is 12.7 Å². The van der Waals surface area contributed by atoms with Crippen molar-refractivity contribution < 1.29 is 13.9 Å². The van der Waals surface area contributed by atoms with Gasteiger partial charge in [0.25, 0.3) is 0 Å². The minimum Gasteiger partial charge on any atom is -0.492 e. The molecule has 2 rings (SSSR count). The molecule has 5 heteroatoms. The fraction of sp³-hybridized carbons (Fsp3) is 0.278. The second-order valence-electron chi connectivity index (χ2n) is 5.13. The summed E-state index contributed by atoms with van der Waals surface area (Å²) in [4.78, 5) is 11.7. The number of nitrogens with one attached hydrogen (secondary N) is 1. The Morgan fingerprint density at radius 3 is 2.74 bits per heavy atom. The van der Waals surface area contributed by atoms with E-state index in [9.17, 15) is 9.18 Å². The molecule has 0 fully saturated rings. The Morgan fingerprint density at radius 1 is 1.22 bits per heavy atom. The molecule has 0 saturated heterocycles. The lowest BCUT2D eigenvalue weighted by molar-refractivity contribution is -0.118. The van der Waals surface area contributed by atoms with E-state index >= 15 is 0 Å². The number of rotatable bonds is 8. The van der Waals surface area contributed by atoms with Gasteiger partial charge in [-0.25, -0.2) is 4.39 Å². The summed E-state index contributed by atoms with van der Waals surface area (Å²) in [5.41, 5.74) is 2.45. The van der Waals surface area contributed by atoms with Gasteiger partial charge in [0.05, 0.1) is 12.3 Å². The average Bonchev–Trinajstić information content (AvgIpc) is 2.53. The van der Waals surface area contributed by atoms with Crippen molar-refractivity contribution in [2.75, 3.05) is 18.9 Å². The smallest absolute Gasteiger partial charge is 0.230 e. The van der Waals surface area contributed by atoms with Crippen molar-refractivity contribution in [1.82, 2.24) is 5.32 Å². The van der Waals surface area contributed by atoms with Crippen LogP contribution < -0.4 is 10.1 Å². The molecule has 1 N–H and O–H groups in total. The van der Waals surface area contributed by atoms with Gasteiger partial charge >= 0.3 is 0 Å². The molecule has 2 aromatic rings. The zero-order chi connectivity index (χ0) is 16.5. The van der Waals surface area contributed by atoms with Gasteiger partial charge in [-0.3, -0.25) is 4.79 Å². The van der Waals surface area contributed by atoms with Crippen LogP contribution in [-0.2, 0) is 10.5 Å². The first-order chi connectivity index (χ1) is 11.1. The van der Waals surface area contributed by atoms with Gasteiger partial charge in [0, 0.05) is 5.75 Å². The molecule has 0 unspecified atom stereocenters. The lowest BCUT2D eigenvalue weighted by atomic mass is 10.2. The summed E-state index contributed by atoms with van der Waals surface area (Å²) in [5, 5.41) is 2.80. The van der Waals surface area contributed by atoms with E-state index in [-0.39, 0.29) is 11.7 Å². The van der Waals surface area contributed by atoms with Crippen molar-refractivity contribution in [3.63, 3.8) is 0 Å². The second-order valence-corrected chi connectivity index (χ2v) is 6.12. The van der Waals surface area contributed by atoms with E-state index in [1.165, 1.54) is 23.3 Å². The Bertz CT molecular complexity index is 631. The van der Waals surface area contributed by atoms with Crippen molar-refractivity contribution in [2.24, 2.45) is 0 Å². The Hall–Kier alpha value is -2.01. The second kappa shape index (κ2) is 9.20.